The van der Waals surface area contributed by atoms with Crippen LogP contribution in [0.2, 0.25) is 0 Å². The standard InChI is InChI=1S/C24H23N3O/c1-27(16-15-24(28)26-23-10-6-5-9-22(23)17-25)18-19-11-13-21(14-12-19)20-7-3-2-4-8-20/h2-14H,15-16,18H2,1H3,(H,26,28). The first-order chi connectivity index (χ1) is 13.7. The van der Waals surface area contributed by atoms with Gasteiger partial charge in [-0.25, -0.2) is 0 Å². The Kier molecular flexibility index (Phi) is 6.56. The number of nitrogens with one attached hydrogen (secondary N) is 1. The summed E-state index contributed by atoms with van der Waals surface area (Å²) < 4.78 is 0. The third-order valence-electron chi connectivity index (χ3n) is 4.56. The maximum Gasteiger partial charge on any atom is 0.225 e. The number of nitrogens with zero attached hydrogens (tertiary/aromatic N) is 2. The van der Waals surface area contributed by atoms with Crippen LogP contribution in [0, 0.1) is 11.3 Å². The Labute approximate surface area is 166 Å². The van der Waals surface area contributed by atoms with Gasteiger partial charge in [-0.1, -0.05) is 66.7 Å². The number of para-hydroxylation sites is 1. The second-order valence-electron chi connectivity index (χ2n) is 6.76. The summed E-state index contributed by atoms with van der Waals surface area (Å²) in [6, 6.07) is 27.9. The van der Waals surface area contributed by atoms with Gasteiger partial charge in [0.25, 0.3) is 0 Å². The molecule has 0 heterocycles. The fourth-order valence-corrected chi connectivity index (χ4v) is 3.02. The van der Waals surface area contributed by atoms with Crippen LogP contribution >= 0.6 is 0 Å². The second-order valence-corrected chi connectivity index (χ2v) is 6.76. The Bertz CT molecular complexity index is 959. The molecule has 0 spiro atoms. The van der Waals surface area contributed by atoms with Crippen LogP contribution < -0.4 is 5.32 Å². The lowest BCUT2D eigenvalue weighted by atomic mass is 10.0. The van der Waals surface area contributed by atoms with Crippen LogP contribution in [-0.2, 0) is 11.3 Å². The molecule has 0 saturated heterocycles. The molecule has 140 valence electrons. The molecule has 0 fully saturated rings. The number of rotatable bonds is 7. The number of anilines is 1. The quantitative estimate of drug-likeness (QED) is 0.657. The molecule has 1 N–H and O–H groups in total. The van der Waals surface area contributed by atoms with Crippen molar-refractivity contribution in [2.24, 2.45) is 0 Å². The van der Waals surface area contributed by atoms with Crippen LogP contribution in [0.15, 0.2) is 78.9 Å². The minimum Gasteiger partial charge on any atom is -0.325 e. The van der Waals surface area contributed by atoms with Crippen LogP contribution in [-0.4, -0.2) is 24.4 Å². The molecule has 0 bridgehead atoms. The van der Waals surface area contributed by atoms with Gasteiger partial charge in [0.05, 0.1) is 11.3 Å². The highest BCUT2D eigenvalue weighted by molar-refractivity contribution is 5.92. The summed E-state index contributed by atoms with van der Waals surface area (Å²) in [5.41, 5.74) is 4.65. The summed E-state index contributed by atoms with van der Waals surface area (Å²) in [6.07, 6.45) is 0.373. The van der Waals surface area contributed by atoms with Crippen molar-refractivity contribution < 1.29 is 4.79 Å². The monoisotopic (exact) mass is 369 g/mol. The zero-order valence-electron chi connectivity index (χ0n) is 15.9. The predicted octanol–water partition coefficient (Wildman–Crippen LogP) is 4.69. The molecule has 0 aliphatic rings. The SMILES string of the molecule is CN(CCC(=O)Nc1ccccc1C#N)Cc1ccc(-c2ccccc2)cc1. The van der Waals surface area contributed by atoms with Gasteiger partial charge >= 0.3 is 0 Å². The average Bonchev–Trinajstić information content (AvgIpc) is 2.74. The molecule has 0 aromatic heterocycles. The highest BCUT2D eigenvalue weighted by atomic mass is 16.1. The van der Waals surface area contributed by atoms with E-state index in [9.17, 15) is 4.79 Å². The zero-order valence-corrected chi connectivity index (χ0v) is 15.9. The lowest BCUT2D eigenvalue weighted by molar-refractivity contribution is -0.116. The van der Waals surface area contributed by atoms with E-state index in [2.05, 4.69) is 52.7 Å². The molecule has 0 radical (unpaired) electrons. The van der Waals surface area contributed by atoms with Crippen LogP contribution in [0.4, 0.5) is 5.69 Å². The van der Waals surface area contributed by atoms with E-state index in [1.807, 2.05) is 31.3 Å². The molecule has 0 aliphatic carbocycles. The smallest absolute Gasteiger partial charge is 0.225 e. The van der Waals surface area contributed by atoms with Crippen molar-refractivity contribution in [1.82, 2.24) is 4.90 Å². The van der Waals surface area contributed by atoms with Gasteiger partial charge in [-0.05, 0) is 35.9 Å². The second kappa shape index (κ2) is 9.50. The minimum atomic E-state index is -0.0889. The normalized spacial score (nSPS) is 10.5. The Morgan fingerprint density at radius 2 is 1.57 bits per heavy atom. The molecular formula is C24H23N3O. The first-order valence-corrected chi connectivity index (χ1v) is 9.27. The minimum absolute atomic E-state index is 0.0889. The third-order valence-corrected chi connectivity index (χ3v) is 4.56. The van der Waals surface area contributed by atoms with Crippen molar-refractivity contribution in [3.63, 3.8) is 0 Å². The van der Waals surface area contributed by atoms with E-state index in [1.54, 1.807) is 18.2 Å². The van der Waals surface area contributed by atoms with Gasteiger partial charge in [0, 0.05) is 19.5 Å². The number of carbonyl (C=O) groups excluding carboxylic acids is 1. The molecule has 0 aliphatic heterocycles. The van der Waals surface area contributed by atoms with Crippen LogP contribution in [0.5, 0.6) is 0 Å². The van der Waals surface area contributed by atoms with Gasteiger partial charge in [0.2, 0.25) is 5.91 Å². The van der Waals surface area contributed by atoms with E-state index in [1.165, 1.54) is 16.7 Å². The fourth-order valence-electron chi connectivity index (χ4n) is 3.02. The average molecular weight is 369 g/mol. The van der Waals surface area contributed by atoms with E-state index in [0.29, 0.717) is 24.2 Å². The van der Waals surface area contributed by atoms with Crippen molar-refractivity contribution >= 4 is 11.6 Å². The molecule has 3 aromatic carbocycles. The lowest BCUT2D eigenvalue weighted by Crippen LogP contribution is -2.24. The molecule has 28 heavy (non-hydrogen) atoms. The molecule has 0 unspecified atom stereocenters. The molecule has 3 aromatic rings. The first kappa shape index (κ1) is 19.3. The zero-order chi connectivity index (χ0) is 19.8. The number of hydrogen-bond acceptors (Lipinski definition) is 3. The van der Waals surface area contributed by atoms with E-state index >= 15 is 0 Å². The van der Waals surface area contributed by atoms with Crippen molar-refractivity contribution in [3.05, 3.63) is 90.0 Å². The van der Waals surface area contributed by atoms with Crippen LogP contribution in [0.25, 0.3) is 11.1 Å². The molecule has 0 saturated carbocycles. The van der Waals surface area contributed by atoms with Crippen molar-refractivity contribution in [2.75, 3.05) is 18.9 Å². The van der Waals surface area contributed by atoms with Gasteiger partial charge in [0.1, 0.15) is 6.07 Å². The molecule has 1 amide bonds. The number of amides is 1. The van der Waals surface area contributed by atoms with Gasteiger partial charge < -0.3 is 10.2 Å². The van der Waals surface area contributed by atoms with Crippen molar-refractivity contribution in [1.29, 1.82) is 5.26 Å². The Balaban J connectivity index is 1.49. The fraction of sp³-hybridized carbons (Fsp3) is 0.167. The summed E-state index contributed by atoms with van der Waals surface area (Å²) in [5.74, 6) is -0.0889. The molecule has 4 nitrogen and oxygen atoms in total. The lowest BCUT2D eigenvalue weighted by Gasteiger charge is -2.17. The van der Waals surface area contributed by atoms with E-state index in [4.69, 9.17) is 5.26 Å². The van der Waals surface area contributed by atoms with Crippen molar-refractivity contribution in [2.45, 2.75) is 13.0 Å². The van der Waals surface area contributed by atoms with Crippen LogP contribution in [0.3, 0.4) is 0 Å². The summed E-state index contributed by atoms with van der Waals surface area (Å²) in [7, 11) is 2.00. The molecular weight excluding hydrogens is 346 g/mol. The maximum absolute atomic E-state index is 12.2. The molecule has 0 atom stereocenters. The van der Waals surface area contributed by atoms with Crippen LogP contribution in [0.1, 0.15) is 17.5 Å². The van der Waals surface area contributed by atoms with E-state index in [-0.39, 0.29) is 5.91 Å². The number of hydrogen-bond donors (Lipinski definition) is 1. The number of nitriles is 1. The third kappa shape index (κ3) is 5.29. The van der Waals surface area contributed by atoms with Gasteiger partial charge in [-0.3, -0.25) is 4.79 Å². The van der Waals surface area contributed by atoms with Gasteiger partial charge in [-0.2, -0.15) is 5.26 Å². The largest absolute Gasteiger partial charge is 0.325 e. The number of benzene rings is 3. The highest BCUT2D eigenvalue weighted by Gasteiger charge is 2.08. The highest BCUT2D eigenvalue weighted by Crippen LogP contribution is 2.19. The number of carbonyl (C=O) groups is 1. The van der Waals surface area contributed by atoms with E-state index in [0.717, 1.165) is 6.54 Å². The Morgan fingerprint density at radius 3 is 2.29 bits per heavy atom. The van der Waals surface area contributed by atoms with Gasteiger partial charge in [-0.15, -0.1) is 0 Å². The summed E-state index contributed by atoms with van der Waals surface area (Å²) in [5, 5.41) is 11.9. The Hall–Kier alpha value is -3.42. The predicted molar refractivity (Wildman–Crippen MR) is 113 cm³/mol. The molecule has 4 heteroatoms. The van der Waals surface area contributed by atoms with Crippen molar-refractivity contribution in [3.8, 4) is 17.2 Å². The topological polar surface area (TPSA) is 56.1 Å². The summed E-state index contributed by atoms with van der Waals surface area (Å²) >= 11 is 0. The van der Waals surface area contributed by atoms with Gasteiger partial charge in [0.15, 0.2) is 0 Å². The van der Waals surface area contributed by atoms with E-state index < -0.39 is 0 Å². The Morgan fingerprint density at radius 1 is 0.929 bits per heavy atom. The summed E-state index contributed by atoms with van der Waals surface area (Å²) in [4.78, 5) is 14.3. The molecule has 3 rings (SSSR count). The summed E-state index contributed by atoms with van der Waals surface area (Å²) in [6.45, 7) is 1.41. The maximum atomic E-state index is 12.2. The first-order valence-electron chi connectivity index (χ1n) is 9.27.